The Morgan fingerprint density at radius 1 is 1.32 bits per heavy atom. The molecule has 1 N–H and O–H groups in total. The van der Waals surface area contributed by atoms with Crippen LogP contribution in [0, 0.1) is 5.41 Å². The van der Waals surface area contributed by atoms with Crippen molar-refractivity contribution >= 4 is 23.0 Å². The lowest BCUT2D eigenvalue weighted by molar-refractivity contribution is -0.122. The molecular formula is C15H17NO2S. The molecule has 100 valence electrons. The largest absolute Gasteiger partial charge is 0.329 e. The van der Waals surface area contributed by atoms with Crippen LogP contribution in [0.4, 0.5) is 0 Å². The number of carbonyl (C=O) groups is 2. The molecule has 0 fully saturated rings. The van der Waals surface area contributed by atoms with Crippen LogP contribution in [0.1, 0.15) is 44.6 Å². The standard InChI is InChI=1S/C15H17NO2S/c1-15(2)6-11-14(12(17)7-15)10(5-13(18)16-11)9-3-4-19-8-9/h3-4,8,10H,5-7H2,1-2H3,(H,16,18)/t10-/m1/s1. The zero-order valence-electron chi connectivity index (χ0n) is 11.2. The van der Waals surface area contributed by atoms with Crippen LogP contribution < -0.4 is 5.32 Å². The third-order valence-electron chi connectivity index (χ3n) is 3.89. The van der Waals surface area contributed by atoms with Crippen molar-refractivity contribution in [3.63, 3.8) is 0 Å². The van der Waals surface area contributed by atoms with Crippen LogP contribution in [-0.2, 0) is 9.59 Å². The van der Waals surface area contributed by atoms with Gasteiger partial charge >= 0.3 is 0 Å². The highest BCUT2D eigenvalue weighted by atomic mass is 32.1. The SMILES string of the molecule is CC1(C)CC(=O)C2=C(C1)NC(=O)C[C@@H]2c1ccsc1. The average Bonchev–Trinajstić information content (AvgIpc) is 2.78. The quantitative estimate of drug-likeness (QED) is 0.856. The van der Waals surface area contributed by atoms with Crippen molar-refractivity contribution in [1.82, 2.24) is 5.32 Å². The molecule has 2 aliphatic rings. The monoisotopic (exact) mass is 275 g/mol. The van der Waals surface area contributed by atoms with Gasteiger partial charge in [-0.3, -0.25) is 9.59 Å². The molecule has 4 heteroatoms. The molecule has 1 amide bonds. The first kappa shape index (κ1) is 12.6. The lowest BCUT2D eigenvalue weighted by atomic mass is 9.70. The summed E-state index contributed by atoms with van der Waals surface area (Å²) < 4.78 is 0. The third kappa shape index (κ3) is 2.25. The molecule has 0 saturated carbocycles. The lowest BCUT2D eigenvalue weighted by Crippen LogP contribution is -2.40. The van der Waals surface area contributed by atoms with Gasteiger partial charge in [0.05, 0.1) is 0 Å². The van der Waals surface area contributed by atoms with E-state index in [9.17, 15) is 9.59 Å². The van der Waals surface area contributed by atoms with Crippen molar-refractivity contribution in [3.05, 3.63) is 33.7 Å². The lowest BCUT2D eigenvalue weighted by Gasteiger charge is -2.37. The molecule has 0 radical (unpaired) electrons. The number of carbonyl (C=O) groups excluding carboxylic acids is 2. The maximum absolute atomic E-state index is 12.5. The number of Topliss-reactive ketones (excluding diaryl/α,β-unsaturated/α-hetero) is 1. The van der Waals surface area contributed by atoms with Gasteiger partial charge in [-0.25, -0.2) is 0 Å². The Morgan fingerprint density at radius 2 is 2.11 bits per heavy atom. The fourth-order valence-corrected chi connectivity index (χ4v) is 3.83. The number of nitrogens with one attached hydrogen (secondary N) is 1. The Kier molecular flexibility index (Phi) is 2.86. The summed E-state index contributed by atoms with van der Waals surface area (Å²) in [5.74, 6) is 0.182. The van der Waals surface area contributed by atoms with E-state index in [4.69, 9.17) is 0 Å². The molecule has 3 nitrogen and oxygen atoms in total. The molecule has 2 heterocycles. The topological polar surface area (TPSA) is 46.2 Å². The van der Waals surface area contributed by atoms with E-state index in [0.29, 0.717) is 12.8 Å². The van der Waals surface area contributed by atoms with Crippen LogP contribution in [0.2, 0.25) is 0 Å². The van der Waals surface area contributed by atoms with Gasteiger partial charge in [0.15, 0.2) is 5.78 Å². The highest BCUT2D eigenvalue weighted by molar-refractivity contribution is 7.08. The van der Waals surface area contributed by atoms with E-state index in [1.165, 1.54) is 0 Å². The zero-order valence-corrected chi connectivity index (χ0v) is 12.0. The van der Waals surface area contributed by atoms with Gasteiger partial charge in [0.2, 0.25) is 5.91 Å². The first-order chi connectivity index (χ1) is 8.96. The first-order valence-corrected chi connectivity index (χ1v) is 7.49. The highest BCUT2D eigenvalue weighted by Gasteiger charge is 2.40. The van der Waals surface area contributed by atoms with E-state index in [0.717, 1.165) is 23.3 Å². The minimum Gasteiger partial charge on any atom is -0.329 e. The normalized spacial score (nSPS) is 26.1. The Bertz CT molecular complexity index is 569. The van der Waals surface area contributed by atoms with Crippen molar-refractivity contribution in [2.75, 3.05) is 0 Å². The Balaban J connectivity index is 2.07. The number of amides is 1. The molecule has 0 unspecified atom stereocenters. The van der Waals surface area contributed by atoms with Crippen LogP contribution in [0.15, 0.2) is 28.1 Å². The van der Waals surface area contributed by atoms with E-state index in [2.05, 4.69) is 19.2 Å². The predicted molar refractivity (Wildman–Crippen MR) is 74.9 cm³/mol. The predicted octanol–water partition coefficient (Wildman–Crippen LogP) is 2.99. The minimum atomic E-state index is -0.0558. The van der Waals surface area contributed by atoms with E-state index in [-0.39, 0.29) is 23.0 Å². The maximum Gasteiger partial charge on any atom is 0.225 e. The number of allylic oxidation sites excluding steroid dienone is 2. The summed E-state index contributed by atoms with van der Waals surface area (Å²) in [6, 6.07) is 2.02. The molecule has 1 aromatic rings. The third-order valence-corrected chi connectivity index (χ3v) is 4.60. The molecule has 19 heavy (non-hydrogen) atoms. The van der Waals surface area contributed by atoms with Crippen LogP contribution >= 0.6 is 11.3 Å². The van der Waals surface area contributed by atoms with E-state index in [1.807, 2.05) is 16.8 Å². The molecule has 1 aliphatic carbocycles. The number of hydrogen-bond donors (Lipinski definition) is 1. The molecule has 1 aliphatic heterocycles. The van der Waals surface area contributed by atoms with Gasteiger partial charge in [-0.2, -0.15) is 11.3 Å². The Hall–Kier alpha value is -1.42. The molecule has 1 atom stereocenters. The van der Waals surface area contributed by atoms with Crippen molar-refractivity contribution in [1.29, 1.82) is 0 Å². The second-order valence-corrected chi connectivity index (χ2v) is 6.97. The van der Waals surface area contributed by atoms with Gasteiger partial charge in [0.1, 0.15) is 0 Å². The number of thiophene rings is 1. The summed E-state index contributed by atoms with van der Waals surface area (Å²) in [7, 11) is 0. The molecule has 0 saturated heterocycles. The Morgan fingerprint density at radius 3 is 2.79 bits per heavy atom. The van der Waals surface area contributed by atoms with Crippen molar-refractivity contribution in [2.24, 2.45) is 5.41 Å². The smallest absolute Gasteiger partial charge is 0.225 e. The van der Waals surface area contributed by atoms with Crippen LogP contribution in [-0.4, -0.2) is 11.7 Å². The number of rotatable bonds is 1. The van der Waals surface area contributed by atoms with Crippen LogP contribution in [0.5, 0.6) is 0 Å². The summed E-state index contributed by atoms with van der Waals surface area (Å²) in [5, 5.41) is 6.96. The molecular weight excluding hydrogens is 258 g/mol. The van der Waals surface area contributed by atoms with Gasteiger partial charge in [-0.15, -0.1) is 0 Å². The number of hydrogen-bond acceptors (Lipinski definition) is 3. The molecule has 0 spiro atoms. The molecule has 0 aromatic carbocycles. The van der Waals surface area contributed by atoms with Crippen molar-refractivity contribution in [2.45, 2.75) is 39.0 Å². The summed E-state index contributed by atoms with van der Waals surface area (Å²) in [6.45, 7) is 4.16. The Labute approximate surface area is 116 Å². The fraction of sp³-hybridized carbons (Fsp3) is 0.467. The first-order valence-electron chi connectivity index (χ1n) is 6.54. The van der Waals surface area contributed by atoms with Crippen molar-refractivity contribution in [3.8, 4) is 0 Å². The summed E-state index contributed by atoms with van der Waals surface area (Å²) in [4.78, 5) is 24.3. The van der Waals surface area contributed by atoms with Crippen molar-refractivity contribution < 1.29 is 9.59 Å². The summed E-state index contributed by atoms with van der Waals surface area (Å²) in [5.41, 5.74) is 2.74. The van der Waals surface area contributed by atoms with Gasteiger partial charge in [0, 0.05) is 30.0 Å². The van der Waals surface area contributed by atoms with E-state index in [1.54, 1.807) is 11.3 Å². The molecule has 3 rings (SSSR count). The van der Waals surface area contributed by atoms with Crippen LogP contribution in [0.25, 0.3) is 0 Å². The second-order valence-electron chi connectivity index (χ2n) is 6.19. The number of ketones is 1. The highest BCUT2D eigenvalue weighted by Crippen LogP contribution is 2.44. The maximum atomic E-state index is 12.5. The second kappa shape index (κ2) is 4.30. The average molecular weight is 275 g/mol. The van der Waals surface area contributed by atoms with E-state index >= 15 is 0 Å². The van der Waals surface area contributed by atoms with Gasteiger partial charge in [0.25, 0.3) is 0 Å². The fourth-order valence-electron chi connectivity index (χ4n) is 3.12. The van der Waals surface area contributed by atoms with E-state index < -0.39 is 0 Å². The summed E-state index contributed by atoms with van der Waals surface area (Å²) in [6.07, 6.45) is 1.74. The molecule has 1 aromatic heterocycles. The van der Waals surface area contributed by atoms with Gasteiger partial charge < -0.3 is 5.32 Å². The van der Waals surface area contributed by atoms with Crippen LogP contribution in [0.3, 0.4) is 0 Å². The van der Waals surface area contributed by atoms with Gasteiger partial charge in [-0.05, 0) is 34.2 Å². The summed E-state index contributed by atoms with van der Waals surface area (Å²) >= 11 is 1.61. The van der Waals surface area contributed by atoms with Gasteiger partial charge in [-0.1, -0.05) is 13.8 Å². The zero-order chi connectivity index (χ0) is 13.6. The molecule has 0 bridgehead atoms. The minimum absolute atomic E-state index is 0.0282.